The molecule has 0 radical (unpaired) electrons. The Hall–Kier alpha value is -3.29. The number of hydrogen-bond acceptors (Lipinski definition) is 5. The molecule has 0 aliphatic carbocycles. The zero-order valence-electron chi connectivity index (χ0n) is 15.2. The van der Waals surface area contributed by atoms with E-state index in [-0.39, 0.29) is 24.0 Å². The first-order chi connectivity index (χ1) is 13.5. The minimum absolute atomic E-state index is 0.0867. The van der Waals surface area contributed by atoms with Crippen molar-refractivity contribution in [1.29, 1.82) is 0 Å². The summed E-state index contributed by atoms with van der Waals surface area (Å²) in [5.41, 5.74) is 1.19. The number of anilines is 1. The molecule has 6 nitrogen and oxygen atoms in total. The number of amides is 1. The Morgan fingerprint density at radius 3 is 2.75 bits per heavy atom. The molecule has 1 aliphatic rings. The van der Waals surface area contributed by atoms with E-state index >= 15 is 0 Å². The van der Waals surface area contributed by atoms with Gasteiger partial charge in [0.25, 0.3) is 0 Å². The summed E-state index contributed by atoms with van der Waals surface area (Å²) < 4.78 is 32.4. The summed E-state index contributed by atoms with van der Waals surface area (Å²) in [6.45, 7) is 1.50. The van der Waals surface area contributed by atoms with Gasteiger partial charge in [0.1, 0.15) is 18.0 Å². The van der Waals surface area contributed by atoms with Crippen molar-refractivity contribution in [2.75, 3.05) is 31.6 Å². The van der Waals surface area contributed by atoms with Gasteiger partial charge >= 0.3 is 0 Å². The molecule has 0 unspecified atom stereocenters. The van der Waals surface area contributed by atoms with E-state index in [2.05, 4.69) is 9.97 Å². The molecular weight excluding hydrogens is 366 g/mol. The average Bonchev–Trinajstić information content (AvgIpc) is 2.68. The molecular formula is C20H18F2N4O2. The predicted octanol–water partition coefficient (Wildman–Crippen LogP) is 2.77. The Morgan fingerprint density at radius 1 is 1.14 bits per heavy atom. The Labute approximate surface area is 160 Å². The first kappa shape index (κ1) is 18.1. The monoisotopic (exact) mass is 384 g/mol. The number of carbonyl (C=O) groups is 1. The molecule has 1 aromatic heterocycles. The van der Waals surface area contributed by atoms with Crippen LogP contribution in [-0.2, 0) is 11.3 Å². The minimum Gasteiger partial charge on any atom is -0.494 e. The first-order valence-corrected chi connectivity index (χ1v) is 8.80. The van der Waals surface area contributed by atoms with Crippen LogP contribution < -0.4 is 9.64 Å². The van der Waals surface area contributed by atoms with Crippen molar-refractivity contribution < 1.29 is 18.3 Å². The van der Waals surface area contributed by atoms with E-state index in [0.29, 0.717) is 36.4 Å². The molecule has 2 aromatic carbocycles. The summed E-state index contributed by atoms with van der Waals surface area (Å²) >= 11 is 0. The molecule has 0 bridgehead atoms. The number of hydrogen-bond donors (Lipinski definition) is 0. The Kier molecular flexibility index (Phi) is 4.77. The molecule has 4 rings (SSSR count). The number of carbonyl (C=O) groups excluding carboxylic acids is 1. The van der Waals surface area contributed by atoms with Crippen LogP contribution in [0.1, 0.15) is 5.56 Å². The van der Waals surface area contributed by atoms with Crippen LogP contribution in [0.25, 0.3) is 10.9 Å². The van der Waals surface area contributed by atoms with E-state index in [1.165, 1.54) is 31.6 Å². The van der Waals surface area contributed by atoms with Gasteiger partial charge in [-0.2, -0.15) is 0 Å². The number of aromatic nitrogens is 2. The van der Waals surface area contributed by atoms with Gasteiger partial charge in [-0.3, -0.25) is 4.79 Å². The van der Waals surface area contributed by atoms with Crippen molar-refractivity contribution in [1.82, 2.24) is 14.9 Å². The number of piperazine rings is 1. The number of rotatable bonds is 4. The second kappa shape index (κ2) is 7.38. The topological polar surface area (TPSA) is 58.6 Å². The summed E-state index contributed by atoms with van der Waals surface area (Å²) in [5, 5.41) is 0.618. The lowest BCUT2D eigenvalue weighted by atomic mass is 10.1. The summed E-state index contributed by atoms with van der Waals surface area (Å²) in [6, 6.07) is 9.07. The molecule has 1 aliphatic heterocycles. The Morgan fingerprint density at radius 2 is 2.00 bits per heavy atom. The number of ether oxygens (including phenoxy) is 1. The summed E-state index contributed by atoms with van der Waals surface area (Å²) in [4.78, 5) is 24.6. The van der Waals surface area contributed by atoms with E-state index < -0.39 is 5.82 Å². The van der Waals surface area contributed by atoms with Crippen molar-refractivity contribution in [2.24, 2.45) is 0 Å². The third kappa shape index (κ3) is 3.45. The predicted molar refractivity (Wildman–Crippen MR) is 100 cm³/mol. The molecule has 0 N–H and O–H groups in total. The molecule has 1 saturated heterocycles. The molecule has 2 heterocycles. The Bertz CT molecular complexity index is 1040. The lowest BCUT2D eigenvalue weighted by molar-refractivity contribution is -0.131. The van der Waals surface area contributed by atoms with E-state index in [1.54, 1.807) is 23.1 Å². The van der Waals surface area contributed by atoms with Gasteiger partial charge in [0.05, 0.1) is 19.2 Å². The van der Waals surface area contributed by atoms with Crippen LogP contribution in [0, 0.1) is 11.6 Å². The highest BCUT2D eigenvalue weighted by Crippen LogP contribution is 2.30. The zero-order chi connectivity index (χ0) is 19.7. The summed E-state index contributed by atoms with van der Waals surface area (Å²) in [6.07, 6.45) is 1.35. The fourth-order valence-corrected chi connectivity index (χ4v) is 3.36. The van der Waals surface area contributed by atoms with Gasteiger partial charge in [-0.1, -0.05) is 12.1 Å². The maximum absolute atomic E-state index is 14.0. The summed E-state index contributed by atoms with van der Waals surface area (Å²) in [5.74, 6) is -0.258. The lowest BCUT2D eigenvalue weighted by Gasteiger charge is -2.35. The quantitative estimate of drug-likeness (QED) is 0.692. The molecule has 144 valence electrons. The van der Waals surface area contributed by atoms with Gasteiger partial charge < -0.3 is 14.5 Å². The maximum atomic E-state index is 14.0. The Balaban J connectivity index is 1.56. The molecule has 3 aromatic rings. The van der Waals surface area contributed by atoms with Crippen LogP contribution in [0.3, 0.4) is 0 Å². The maximum Gasteiger partial charge on any atom is 0.242 e. The van der Waals surface area contributed by atoms with Gasteiger partial charge in [-0.25, -0.2) is 18.7 Å². The van der Waals surface area contributed by atoms with Crippen molar-refractivity contribution in [3.05, 3.63) is 59.9 Å². The highest BCUT2D eigenvalue weighted by Gasteiger charge is 2.26. The van der Waals surface area contributed by atoms with Gasteiger partial charge in [0.2, 0.25) is 5.91 Å². The van der Waals surface area contributed by atoms with Crippen LogP contribution in [0.15, 0.2) is 42.7 Å². The SMILES string of the molecule is COc1cc2c(N3CCN(Cc4cccc(F)c4)C(=O)C3)ncnc2cc1F. The van der Waals surface area contributed by atoms with Gasteiger partial charge in [-0.15, -0.1) is 0 Å². The molecule has 8 heteroatoms. The molecule has 28 heavy (non-hydrogen) atoms. The van der Waals surface area contributed by atoms with Gasteiger partial charge in [-0.05, 0) is 23.8 Å². The van der Waals surface area contributed by atoms with Crippen LogP contribution in [-0.4, -0.2) is 47.5 Å². The van der Waals surface area contributed by atoms with Crippen LogP contribution >= 0.6 is 0 Å². The minimum atomic E-state index is -0.504. The number of halogens is 2. The van der Waals surface area contributed by atoms with Crippen LogP contribution in [0.5, 0.6) is 5.75 Å². The molecule has 0 atom stereocenters. The van der Waals surface area contributed by atoms with Crippen LogP contribution in [0.4, 0.5) is 14.6 Å². The number of fused-ring (bicyclic) bond motifs is 1. The van der Waals surface area contributed by atoms with E-state index in [0.717, 1.165) is 5.56 Å². The van der Waals surface area contributed by atoms with Crippen molar-refractivity contribution in [3.63, 3.8) is 0 Å². The van der Waals surface area contributed by atoms with Gasteiger partial charge in [0, 0.05) is 31.1 Å². The smallest absolute Gasteiger partial charge is 0.242 e. The normalized spacial score (nSPS) is 14.6. The fraction of sp³-hybridized carbons (Fsp3) is 0.250. The number of nitrogens with zero attached hydrogens (tertiary/aromatic N) is 4. The van der Waals surface area contributed by atoms with Crippen molar-refractivity contribution >= 4 is 22.6 Å². The van der Waals surface area contributed by atoms with Gasteiger partial charge in [0.15, 0.2) is 11.6 Å². The standard InChI is InChI=1S/C20H18F2N4O2/c1-28-18-8-15-17(9-16(18)22)23-12-24-20(15)26-6-5-25(19(27)11-26)10-13-3-2-4-14(21)7-13/h2-4,7-9,12H,5-6,10-11H2,1H3. The number of methoxy groups -OCH3 is 1. The fourth-order valence-electron chi connectivity index (χ4n) is 3.36. The zero-order valence-corrected chi connectivity index (χ0v) is 15.2. The third-order valence-electron chi connectivity index (χ3n) is 4.77. The first-order valence-electron chi connectivity index (χ1n) is 8.80. The third-order valence-corrected chi connectivity index (χ3v) is 4.77. The number of benzene rings is 2. The highest BCUT2D eigenvalue weighted by molar-refractivity contribution is 5.93. The summed E-state index contributed by atoms with van der Waals surface area (Å²) in [7, 11) is 1.39. The second-order valence-electron chi connectivity index (χ2n) is 6.57. The van der Waals surface area contributed by atoms with Crippen molar-refractivity contribution in [2.45, 2.75) is 6.54 Å². The van der Waals surface area contributed by atoms with Crippen molar-refractivity contribution in [3.8, 4) is 5.75 Å². The average molecular weight is 384 g/mol. The largest absolute Gasteiger partial charge is 0.494 e. The molecule has 0 saturated carbocycles. The van der Waals surface area contributed by atoms with E-state index in [4.69, 9.17) is 4.74 Å². The molecule has 0 spiro atoms. The molecule has 1 amide bonds. The van der Waals surface area contributed by atoms with E-state index in [9.17, 15) is 13.6 Å². The van der Waals surface area contributed by atoms with Crippen LogP contribution in [0.2, 0.25) is 0 Å². The molecule has 1 fully saturated rings. The lowest BCUT2D eigenvalue weighted by Crippen LogP contribution is -2.50. The van der Waals surface area contributed by atoms with E-state index in [1.807, 2.05) is 4.90 Å². The second-order valence-corrected chi connectivity index (χ2v) is 6.57. The highest BCUT2D eigenvalue weighted by atomic mass is 19.1.